The van der Waals surface area contributed by atoms with E-state index in [1.54, 1.807) is 32.3 Å². The highest BCUT2D eigenvalue weighted by molar-refractivity contribution is 6.40. The molecule has 0 fully saturated rings. The summed E-state index contributed by atoms with van der Waals surface area (Å²) in [5, 5.41) is 15.0. The van der Waals surface area contributed by atoms with Gasteiger partial charge in [-0.05, 0) is 12.1 Å². The Hall–Kier alpha value is -3.13. The molecule has 0 bridgehead atoms. The first-order valence-electron chi connectivity index (χ1n) is 7.38. The molecule has 25 heavy (non-hydrogen) atoms. The molecule has 2 aromatic heterocycles. The number of carbonyl (C=O) groups excluding carboxylic acids is 1. The first-order valence-corrected chi connectivity index (χ1v) is 7.76. The highest BCUT2D eigenvalue weighted by atomic mass is 35.5. The summed E-state index contributed by atoms with van der Waals surface area (Å²) in [5.74, 6) is 0.394. The van der Waals surface area contributed by atoms with Crippen LogP contribution in [0, 0.1) is 5.41 Å². The van der Waals surface area contributed by atoms with E-state index < -0.39 is 0 Å². The molecule has 0 unspecified atom stereocenters. The third kappa shape index (κ3) is 2.76. The lowest BCUT2D eigenvalue weighted by Crippen LogP contribution is -2.17. The van der Waals surface area contributed by atoms with Crippen LogP contribution in [-0.2, 0) is 0 Å². The monoisotopic (exact) mass is 357 g/mol. The van der Waals surface area contributed by atoms with Crippen LogP contribution >= 0.6 is 11.6 Å². The molecule has 1 amide bonds. The summed E-state index contributed by atoms with van der Waals surface area (Å²) in [5.41, 5.74) is 7.85. The molecule has 3 rings (SSSR count). The van der Waals surface area contributed by atoms with Gasteiger partial charge in [0.25, 0.3) is 5.91 Å². The number of amides is 1. The van der Waals surface area contributed by atoms with Crippen LogP contribution in [0.5, 0.6) is 0 Å². The summed E-state index contributed by atoms with van der Waals surface area (Å²) in [6.45, 7) is 0. The molecule has 0 aliphatic heterocycles. The van der Waals surface area contributed by atoms with E-state index in [1.807, 2.05) is 0 Å². The average molecular weight is 358 g/mol. The second-order valence-electron chi connectivity index (χ2n) is 5.26. The number of anilines is 2. The Bertz CT molecular complexity index is 996. The maximum Gasteiger partial charge on any atom is 0.251 e. The predicted octanol–water partition coefficient (Wildman–Crippen LogP) is 2.01. The van der Waals surface area contributed by atoms with Crippen molar-refractivity contribution in [2.75, 3.05) is 25.1 Å². The lowest BCUT2D eigenvalue weighted by molar-refractivity contribution is 0.0963. The average Bonchev–Trinajstić information content (AvgIpc) is 2.96. The van der Waals surface area contributed by atoms with Gasteiger partial charge in [-0.2, -0.15) is 0 Å². The predicted molar refractivity (Wildman–Crippen MR) is 98.6 cm³/mol. The van der Waals surface area contributed by atoms with Gasteiger partial charge in [0, 0.05) is 30.6 Å². The van der Waals surface area contributed by atoms with Crippen LogP contribution in [-0.4, -0.2) is 40.7 Å². The number of nitrogen functional groups attached to an aromatic ring is 1. The molecule has 2 heterocycles. The van der Waals surface area contributed by atoms with Crippen LogP contribution < -0.4 is 16.4 Å². The van der Waals surface area contributed by atoms with Crippen molar-refractivity contribution in [2.24, 2.45) is 0 Å². The molecule has 8 nitrogen and oxygen atoms in total. The van der Waals surface area contributed by atoms with E-state index in [-0.39, 0.29) is 17.4 Å². The van der Waals surface area contributed by atoms with Gasteiger partial charge in [0.1, 0.15) is 18.0 Å². The van der Waals surface area contributed by atoms with Crippen LogP contribution in [0.2, 0.25) is 5.02 Å². The topological polar surface area (TPSA) is 133 Å². The number of H-pyrrole nitrogens is 1. The molecule has 128 valence electrons. The van der Waals surface area contributed by atoms with Crippen molar-refractivity contribution < 1.29 is 4.79 Å². The van der Waals surface area contributed by atoms with Gasteiger partial charge >= 0.3 is 0 Å². The zero-order chi connectivity index (χ0) is 18.1. The van der Waals surface area contributed by atoms with Gasteiger partial charge in [-0.3, -0.25) is 10.2 Å². The number of hydrogen-bond donors (Lipinski definition) is 5. The number of fused-ring (bicyclic) bond motifs is 1. The molecule has 0 saturated heterocycles. The Morgan fingerprint density at radius 2 is 2.08 bits per heavy atom. The number of benzene rings is 1. The summed E-state index contributed by atoms with van der Waals surface area (Å²) in [6.07, 6.45) is 1.32. The third-order valence-electron chi connectivity index (χ3n) is 3.84. The largest absolute Gasteiger partial charge is 0.383 e. The Morgan fingerprint density at radius 1 is 1.32 bits per heavy atom. The van der Waals surface area contributed by atoms with Crippen molar-refractivity contribution in [3.63, 3.8) is 0 Å². The number of carbonyl (C=O) groups is 1. The van der Waals surface area contributed by atoms with Crippen LogP contribution in [0.25, 0.3) is 10.9 Å². The highest BCUT2D eigenvalue weighted by Crippen LogP contribution is 2.31. The number of aromatic amines is 1. The van der Waals surface area contributed by atoms with Gasteiger partial charge in [-0.15, -0.1) is 0 Å². The summed E-state index contributed by atoms with van der Waals surface area (Å²) < 4.78 is 0. The van der Waals surface area contributed by atoms with E-state index in [2.05, 4.69) is 25.6 Å². The molecule has 9 heteroatoms. The number of nitrogens with zero attached hydrogens (tertiary/aromatic N) is 2. The Labute approximate surface area is 148 Å². The second kappa shape index (κ2) is 6.40. The molecule has 1 aromatic carbocycles. The van der Waals surface area contributed by atoms with Crippen LogP contribution in [0.1, 0.15) is 21.6 Å². The molecule has 6 N–H and O–H groups in total. The molecule has 0 saturated carbocycles. The smallest absolute Gasteiger partial charge is 0.251 e. The van der Waals surface area contributed by atoms with E-state index in [9.17, 15) is 4.79 Å². The van der Waals surface area contributed by atoms with Crippen molar-refractivity contribution in [3.8, 4) is 0 Å². The van der Waals surface area contributed by atoms with E-state index in [0.717, 1.165) is 0 Å². The molecule has 0 spiro atoms. The Kier molecular flexibility index (Phi) is 4.28. The number of halogens is 1. The number of nitrogens with one attached hydrogen (secondary N) is 4. The number of hydrogen-bond acceptors (Lipinski definition) is 6. The minimum Gasteiger partial charge on any atom is -0.383 e. The molecule has 0 radical (unpaired) electrons. The van der Waals surface area contributed by atoms with Crippen LogP contribution in [0.3, 0.4) is 0 Å². The SMILES string of the molecule is CNC(=O)c1ccc2c(Cl)c(C(=N)c3c(N)ncnc3NC)[nH]c2c1. The van der Waals surface area contributed by atoms with E-state index in [1.165, 1.54) is 6.33 Å². The fourth-order valence-corrected chi connectivity index (χ4v) is 2.89. The van der Waals surface area contributed by atoms with Gasteiger partial charge < -0.3 is 21.4 Å². The van der Waals surface area contributed by atoms with Gasteiger partial charge in [0.2, 0.25) is 0 Å². The minimum atomic E-state index is -0.206. The summed E-state index contributed by atoms with van der Waals surface area (Å²) in [6, 6.07) is 5.09. The van der Waals surface area contributed by atoms with Crippen molar-refractivity contribution in [1.82, 2.24) is 20.3 Å². The van der Waals surface area contributed by atoms with Gasteiger partial charge in [0.05, 0.1) is 22.0 Å². The quantitative estimate of drug-likeness (QED) is 0.455. The minimum absolute atomic E-state index is 0.0603. The standard InChI is InChI=1S/C16H16ClN7O/c1-20-15-10(14(19)22-6-23-15)12(18)13-11(17)8-4-3-7(16(25)21-2)5-9(8)24-13/h3-6,18,24H,1-2H3,(H,21,25)(H3,19,20,22,23). The van der Waals surface area contributed by atoms with E-state index in [4.69, 9.17) is 22.7 Å². The molecular formula is C16H16ClN7O. The van der Waals surface area contributed by atoms with Crippen molar-refractivity contribution in [3.05, 3.63) is 46.4 Å². The summed E-state index contributed by atoms with van der Waals surface area (Å²) in [4.78, 5) is 22.9. The summed E-state index contributed by atoms with van der Waals surface area (Å²) in [7, 11) is 3.24. The fourth-order valence-electron chi connectivity index (χ4n) is 2.58. The van der Waals surface area contributed by atoms with E-state index in [0.29, 0.717) is 38.6 Å². The van der Waals surface area contributed by atoms with Crippen LogP contribution in [0.4, 0.5) is 11.6 Å². The highest BCUT2D eigenvalue weighted by Gasteiger charge is 2.21. The van der Waals surface area contributed by atoms with Crippen LogP contribution in [0.15, 0.2) is 24.5 Å². The first-order chi connectivity index (χ1) is 12.0. The molecular weight excluding hydrogens is 342 g/mol. The second-order valence-corrected chi connectivity index (χ2v) is 5.64. The Balaban J connectivity index is 2.15. The number of aromatic nitrogens is 3. The van der Waals surface area contributed by atoms with E-state index >= 15 is 0 Å². The maximum atomic E-state index is 11.8. The lowest BCUT2D eigenvalue weighted by atomic mass is 10.1. The lowest BCUT2D eigenvalue weighted by Gasteiger charge is -2.10. The zero-order valence-corrected chi connectivity index (χ0v) is 14.3. The van der Waals surface area contributed by atoms with Crippen molar-refractivity contribution in [2.45, 2.75) is 0 Å². The van der Waals surface area contributed by atoms with Crippen molar-refractivity contribution >= 4 is 45.8 Å². The van der Waals surface area contributed by atoms with Crippen molar-refractivity contribution in [1.29, 1.82) is 5.41 Å². The van der Waals surface area contributed by atoms with Gasteiger partial charge in [0.15, 0.2) is 0 Å². The fraction of sp³-hybridized carbons (Fsp3) is 0.125. The maximum absolute atomic E-state index is 11.8. The molecule has 0 atom stereocenters. The molecule has 0 aliphatic carbocycles. The number of nitrogens with two attached hydrogens (primary N) is 1. The van der Waals surface area contributed by atoms with Gasteiger partial charge in [-0.25, -0.2) is 9.97 Å². The Morgan fingerprint density at radius 3 is 2.76 bits per heavy atom. The molecule has 3 aromatic rings. The number of rotatable bonds is 4. The summed E-state index contributed by atoms with van der Waals surface area (Å²) >= 11 is 6.44. The third-order valence-corrected chi connectivity index (χ3v) is 4.23. The molecule has 0 aliphatic rings. The normalized spacial score (nSPS) is 10.7. The zero-order valence-electron chi connectivity index (χ0n) is 13.6. The first kappa shape index (κ1) is 16.7. The van der Waals surface area contributed by atoms with Gasteiger partial charge in [-0.1, -0.05) is 17.7 Å².